The molecule has 0 aromatic heterocycles. The Morgan fingerprint density at radius 2 is 2.14 bits per heavy atom. The molecule has 0 saturated carbocycles. The standard InChI is InChI=1S/C15H20FNO4/c1-10(13-8-11(16)2-3-14(13)18)17-6-4-12(5-7-17)21-9-15(19)20/h2-3,8,10,12,18H,4-7,9H2,1H3,(H,19,20). The molecule has 0 aliphatic carbocycles. The first-order valence-electron chi connectivity index (χ1n) is 7.03. The van der Waals surface area contributed by atoms with E-state index >= 15 is 0 Å². The number of carboxylic acids is 1. The van der Waals surface area contributed by atoms with Gasteiger partial charge in [0.25, 0.3) is 0 Å². The smallest absolute Gasteiger partial charge is 0.329 e. The molecular formula is C15H20FNO4. The van der Waals surface area contributed by atoms with E-state index in [0.29, 0.717) is 5.56 Å². The van der Waals surface area contributed by atoms with E-state index in [-0.39, 0.29) is 30.3 Å². The fourth-order valence-corrected chi connectivity index (χ4v) is 2.68. The second-order valence-electron chi connectivity index (χ2n) is 5.32. The highest BCUT2D eigenvalue weighted by atomic mass is 19.1. The summed E-state index contributed by atoms with van der Waals surface area (Å²) in [4.78, 5) is 12.6. The van der Waals surface area contributed by atoms with Crippen molar-refractivity contribution in [3.8, 4) is 5.75 Å². The maximum atomic E-state index is 13.3. The van der Waals surface area contributed by atoms with Crippen molar-refractivity contribution in [2.75, 3.05) is 19.7 Å². The lowest BCUT2D eigenvalue weighted by atomic mass is 10.0. The van der Waals surface area contributed by atoms with E-state index in [4.69, 9.17) is 9.84 Å². The van der Waals surface area contributed by atoms with E-state index in [0.717, 1.165) is 25.9 Å². The van der Waals surface area contributed by atoms with Crippen molar-refractivity contribution in [1.82, 2.24) is 4.90 Å². The van der Waals surface area contributed by atoms with Crippen LogP contribution >= 0.6 is 0 Å². The Morgan fingerprint density at radius 3 is 2.76 bits per heavy atom. The SMILES string of the molecule is CC(c1cc(F)ccc1O)N1CCC(OCC(=O)O)CC1. The summed E-state index contributed by atoms with van der Waals surface area (Å²) < 4.78 is 18.6. The molecule has 1 aliphatic rings. The number of hydrogen-bond acceptors (Lipinski definition) is 4. The Morgan fingerprint density at radius 1 is 1.48 bits per heavy atom. The molecule has 1 saturated heterocycles. The van der Waals surface area contributed by atoms with Crippen LogP contribution in [0.2, 0.25) is 0 Å². The van der Waals surface area contributed by atoms with Crippen LogP contribution in [0, 0.1) is 5.82 Å². The quantitative estimate of drug-likeness (QED) is 0.871. The van der Waals surface area contributed by atoms with E-state index in [9.17, 15) is 14.3 Å². The van der Waals surface area contributed by atoms with Crippen molar-refractivity contribution in [3.05, 3.63) is 29.6 Å². The van der Waals surface area contributed by atoms with Crippen LogP contribution in [-0.2, 0) is 9.53 Å². The van der Waals surface area contributed by atoms with E-state index in [1.165, 1.54) is 18.2 Å². The van der Waals surface area contributed by atoms with Gasteiger partial charge < -0.3 is 14.9 Å². The number of aliphatic carboxylic acids is 1. The summed E-state index contributed by atoms with van der Waals surface area (Å²) in [5, 5.41) is 18.4. The Kier molecular flexibility index (Phi) is 5.14. The summed E-state index contributed by atoms with van der Waals surface area (Å²) in [7, 11) is 0. The molecule has 1 heterocycles. The minimum atomic E-state index is -0.963. The number of rotatable bonds is 5. The van der Waals surface area contributed by atoms with Crippen molar-refractivity contribution >= 4 is 5.97 Å². The van der Waals surface area contributed by atoms with Crippen molar-refractivity contribution in [3.63, 3.8) is 0 Å². The molecule has 1 unspecified atom stereocenters. The summed E-state index contributed by atoms with van der Waals surface area (Å²) in [5.41, 5.74) is 0.569. The van der Waals surface area contributed by atoms with Gasteiger partial charge in [-0.2, -0.15) is 0 Å². The fraction of sp³-hybridized carbons (Fsp3) is 0.533. The van der Waals surface area contributed by atoms with Crippen LogP contribution < -0.4 is 0 Å². The molecule has 5 nitrogen and oxygen atoms in total. The second kappa shape index (κ2) is 6.87. The maximum absolute atomic E-state index is 13.3. The third kappa shape index (κ3) is 4.15. The number of phenolic OH excluding ortho intramolecular Hbond substituents is 1. The molecule has 0 radical (unpaired) electrons. The molecule has 2 rings (SSSR count). The van der Waals surface area contributed by atoms with Gasteiger partial charge in [0, 0.05) is 24.7 Å². The summed E-state index contributed by atoms with van der Waals surface area (Å²) in [6.07, 6.45) is 1.41. The van der Waals surface area contributed by atoms with Crippen molar-refractivity contribution < 1.29 is 24.1 Å². The lowest BCUT2D eigenvalue weighted by Gasteiger charge is -2.36. The monoisotopic (exact) mass is 297 g/mol. The lowest BCUT2D eigenvalue weighted by molar-refractivity contribution is -0.145. The second-order valence-corrected chi connectivity index (χ2v) is 5.32. The van der Waals surface area contributed by atoms with Gasteiger partial charge in [-0.25, -0.2) is 9.18 Å². The first-order valence-corrected chi connectivity index (χ1v) is 7.03. The summed E-state index contributed by atoms with van der Waals surface area (Å²) in [6, 6.07) is 3.86. The Balaban J connectivity index is 1.92. The number of halogens is 1. The summed E-state index contributed by atoms with van der Waals surface area (Å²) in [6.45, 7) is 3.10. The van der Waals surface area contributed by atoms with Gasteiger partial charge in [0.05, 0.1) is 6.10 Å². The Bertz CT molecular complexity index is 500. The summed E-state index contributed by atoms with van der Waals surface area (Å²) in [5.74, 6) is -1.24. The Labute approximate surface area is 122 Å². The average Bonchev–Trinajstić information content (AvgIpc) is 2.47. The molecule has 1 fully saturated rings. The molecule has 1 atom stereocenters. The van der Waals surface area contributed by atoms with Gasteiger partial charge in [-0.15, -0.1) is 0 Å². The highest BCUT2D eigenvalue weighted by Crippen LogP contribution is 2.31. The number of aromatic hydroxyl groups is 1. The predicted octanol–water partition coefficient (Wildman–Crippen LogP) is 2.16. The first kappa shape index (κ1) is 15.7. The highest BCUT2D eigenvalue weighted by molar-refractivity contribution is 5.68. The van der Waals surface area contributed by atoms with Gasteiger partial charge in [0.2, 0.25) is 0 Å². The van der Waals surface area contributed by atoms with Gasteiger partial charge in [-0.05, 0) is 38.0 Å². The van der Waals surface area contributed by atoms with E-state index in [1.807, 2.05) is 6.92 Å². The van der Waals surface area contributed by atoms with Gasteiger partial charge in [-0.1, -0.05) is 0 Å². The maximum Gasteiger partial charge on any atom is 0.329 e. The van der Waals surface area contributed by atoms with E-state index in [1.54, 1.807) is 0 Å². The number of carbonyl (C=O) groups is 1. The van der Waals surface area contributed by atoms with Crippen molar-refractivity contribution in [2.24, 2.45) is 0 Å². The molecule has 116 valence electrons. The van der Waals surface area contributed by atoms with Gasteiger partial charge in [0.1, 0.15) is 18.2 Å². The largest absolute Gasteiger partial charge is 0.508 e. The molecule has 6 heteroatoms. The molecule has 21 heavy (non-hydrogen) atoms. The number of nitrogens with zero attached hydrogens (tertiary/aromatic N) is 1. The summed E-state index contributed by atoms with van der Waals surface area (Å²) >= 11 is 0. The molecule has 0 amide bonds. The number of phenols is 1. The minimum absolute atomic E-state index is 0.0503. The third-order valence-electron chi connectivity index (χ3n) is 3.91. The zero-order chi connectivity index (χ0) is 15.4. The van der Waals surface area contributed by atoms with E-state index < -0.39 is 5.97 Å². The zero-order valence-corrected chi connectivity index (χ0v) is 12.0. The number of piperidine rings is 1. The molecule has 1 aromatic rings. The number of benzene rings is 1. The van der Waals surface area contributed by atoms with E-state index in [2.05, 4.69) is 4.90 Å². The highest BCUT2D eigenvalue weighted by Gasteiger charge is 2.25. The molecule has 0 bridgehead atoms. The van der Waals surface area contributed by atoms with Crippen LogP contribution in [0.3, 0.4) is 0 Å². The minimum Gasteiger partial charge on any atom is -0.508 e. The topological polar surface area (TPSA) is 70.0 Å². The van der Waals surface area contributed by atoms with Gasteiger partial charge in [0.15, 0.2) is 0 Å². The zero-order valence-electron chi connectivity index (χ0n) is 12.0. The van der Waals surface area contributed by atoms with Crippen LogP contribution in [-0.4, -0.2) is 46.9 Å². The Hall–Kier alpha value is -1.66. The molecule has 2 N–H and O–H groups in total. The average molecular weight is 297 g/mol. The normalized spacial score (nSPS) is 18.6. The lowest BCUT2D eigenvalue weighted by Crippen LogP contribution is -2.39. The number of hydrogen-bond donors (Lipinski definition) is 2. The third-order valence-corrected chi connectivity index (χ3v) is 3.91. The van der Waals surface area contributed by atoms with Crippen molar-refractivity contribution in [1.29, 1.82) is 0 Å². The van der Waals surface area contributed by atoms with Crippen LogP contribution in [0.1, 0.15) is 31.4 Å². The van der Waals surface area contributed by atoms with Crippen LogP contribution in [0.4, 0.5) is 4.39 Å². The predicted molar refractivity (Wildman–Crippen MR) is 74.7 cm³/mol. The van der Waals surface area contributed by atoms with Gasteiger partial charge >= 0.3 is 5.97 Å². The number of likely N-dealkylation sites (tertiary alicyclic amines) is 1. The first-order chi connectivity index (χ1) is 9.97. The molecule has 1 aliphatic heterocycles. The van der Waals surface area contributed by atoms with Crippen LogP contribution in [0.15, 0.2) is 18.2 Å². The van der Waals surface area contributed by atoms with Gasteiger partial charge in [-0.3, -0.25) is 4.90 Å². The molecular weight excluding hydrogens is 277 g/mol. The van der Waals surface area contributed by atoms with Crippen LogP contribution in [0.25, 0.3) is 0 Å². The molecule has 0 spiro atoms. The van der Waals surface area contributed by atoms with Crippen LogP contribution in [0.5, 0.6) is 5.75 Å². The molecule has 1 aromatic carbocycles. The fourth-order valence-electron chi connectivity index (χ4n) is 2.68. The number of carboxylic acid groups (broad SMARTS) is 1. The number of ether oxygens (including phenoxy) is 1. The van der Waals surface area contributed by atoms with Crippen molar-refractivity contribution in [2.45, 2.75) is 31.9 Å².